The number of fused-ring (bicyclic) bond motifs is 1. The molecule has 0 spiro atoms. The van der Waals surface area contributed by atoms with Crippen molar-refractivity contribution in [2.45, 2.75) is 69.9 Å². The predicted molar refractivity (Wildman–Crippen MR) is 145 cm³/mol. The van der Waals surface area contributed by atoms with Crippen molar-refractivity contribution in [1.82, 2.24) is 14.8 Å². The Morgan fingerprint density at radius 3 is 2.05 bits per heavy atom. The second-order valence-corrected chi connectivity index (χ2v) is 10.7. The normalized spacial score (nSPS) is 16.8. The first-order chi connectivity index (χ1) is 19.3. The van der Waals surface area contributed by atoms with Crippen LogP contribution in [0, 0.1) is 6.92 Å². The molecule has 11 heteroatoms. The minimum atomic E-state index is -5.95. The number of carbonyl (C=O) groups is 1. The molecule has 1 aromatic heterocycles. The number of hydrogen-bond donors (Lipinski definition) is 2. The van der Waals surface area contributed by atoms with E-state index in [0.717, 1.165) is 37.0 Å². The van der Waals surface area contributed by atoms with E-state index in [-0.39, 0.29) is 17.8 Å². The molecule has 2 aliphatic heterocycles. The van der Waals surface area contributed by atoms with E-state index in [1.807, 2.05) is 4.90 Å². The van der Waals surface area contributed by atoms with Crippen LogP contribution >= 0.6 is 0 Å². The van der Waals surface area contributed by atoms with Gasteiger partial charge in [0.05, 0.1) is 0 Å². The van der Waals surface area contributed by atoms with Crippen LogP contribution in [0.3, 0.4) is 0 Å². The fourth-order valence-electron chi connectivity index (χ4n) is 5.40. The largest absolute Gasteiger partial charge is 0.430 e. The summed E-state index contributed by atoms with van der Waals surface area (Å²) in [5.41, 5.74) is -3.97. The van der Waals surface area contributed by atoms with Gasteiger partial charge in [-0.1, -0.05) is 24.6 Å². The summed E-state index contributed by atoms with van der Waals surface area (Å²) in [4.78, 5) is 14.6. The Morgan fingerprint density at radius 1 is 0.854 bits per heavy atom. The smallest absolute Gasteiger partial charge is 0.369 e. The van der Waals surface area contributed by atoms with Crippen LogP contribution in [0.5, 0.6) is 0 Å². The van der Waals surface area contributed by atoms with E-state index in [2.05, 4.69) is 5.32 Å². The van der Waals surface area contributed by atoms with Crippen LogP contribution in [-0.2, 0) is 12.1 Å². The highest BCUT2D eigenvalue weighted by molar-refractivity contribution is 5.94. The van der Waals surface area contributed by atoms with E-state index in [4.69, 9.17) is 0 Å². The Hall–Kier alpha value is -3.05. The van der Waals surface area contributed by atoms with E-state index in [1.54, 1.807) is 35.8 Å². The lowest BCUT2D eigenvalue weighted by atomic mass is 9.91. The van der Waals surface area contributed by atoms with Crippen LogP contribution < -0.4 is 5.32 Å². The average Bonchev–Trinajstić information content (AvgIpc) is 3.26. The monoisotopic (exact) mass is 583 g/mol. The molecule has 3 heterocycles. The first-order valence-electron chi connectivity index (χ1n) is 13.9. The number of hydrogen-bond acceptors (Lipinski definition) is 3. The topological polar surface area (TPSA) is 57.5 Å². The van der Waals surface area contributed by atoms with Crippen molar-refractivity contribution in [3.63, 3.8) is 0 Å². The number of alkyl halides is 6. The molecule has 0 aliphatic carbocycles. The minimum absolute atomic E-state index is 0.0659. The van der Waals surface area contributed by atoms with Gasteiger partial charge in [0.25, 0.3) is 11.5 Å². The number of aliphatic hydroxyl groups is 1. The van der Waals surface area contributed by atoms with Crippen molar-refractivity contribution in [2.24, 2.45) is 0 Å². The lowest BCUT2D eigenvalue weighted by Crippen LogP contribution is -2.53. The summed E-state index contributed by atoms with van der Waals surface area (Å²) in [6.07, 6.45) is -4.67. The molecule has 224 valence electrons. The van der Waals surface area contributed by atoms with Crippen molar-refractivity contribution in [3.8, 4) is 0 Å². The number of aromatic nitrogens is 1. The molecule has 2 N–H and O–H groups in total. The highest BCUT2D eigenvalue weighted by atomic mass is 19.4. The predicted octanol–water partition coefficient (Wildman–Crippen LogP) is 6.70. The number of rotatable bonds is 4. The van der Waals surface area contributed by atoms with Crippen molar-refractivity contribution < 1.29 is 36.2 Å². The molecule has 2 aliphatic rings. The zero-order valence-corrected chi connectivity index (χ0v) is 22.9. The van der Waals surface area contributed by atoms with Gasteiger partial charge in [0.2, 0.25) is 0 Å². The Bertz CT molecular complexity index is 1310. The summed E-state index contributed by atoms with van der Waals surface area (Å²) < 4.78 is 81.5. The zero-order chi connectivity index (χ0) is 29.8. The second-order valence-electron chi connectivity index (χ2n) is 10.7. The molecule has 3 aromatic rings. The third kappa shape index (κ3) is 6.72. The first kappa shape index (κ1) is 30.9. The van der Waals surface area contributed by atoms with Gasteiger partial charge in [-0.2, -0.15) is 26.3 Å². The first-order valence-corrected chi connectivity index (χ1v) is 13.9. The van der Waals surface area contributed by atoms with Gasteiger partial charge in [-0.15, -0.1) is 0 Å². The summed E-state index contributed by atoms with van der Waals surface area (Å²) in [5, 5.41) is 13.1. The Balaban J connectivity index is 0.000000572. The number of halogens is 6. The van der Waals surface area contributed by atoms with Gasteiger partial charge in [0, 0.05) is 47.4 Å². The lowest BCUT2D eigenvalue weighted by molar-refractivity contribution is -0.376. The van der Waals surface area contributed by atoms with Crippen LogP contribution in [0.15, 0.2) is 48.5 Å². The summed E-state index contributed by atoms with van der Waals surface area (Å²) in [6, 6.07) is 11.0. The van der Waals surface area contributed by atoms with Gasteiger partial charge in [-0.3, -0.25) is 4.79 Å². The molecule has 5 nitrogen and oxygen atoms in total. The number of amides is 1. The number of aryl methyl sites for hydroxylation is 1. The molecule has 2 aromatic carbocycles. The van der Waals surface area contributed by atoms with E-state index >= 15 is 0 Å². The number of nitrogens with one attached hydrogen (secondary N) is 1. The third-order valence-corrected chi connectivity index (χ3v) is 7.71. The third-order valence-electron chi connectivity index (χ3n) is 7.71. The SMILES string of the molecule is C1CCNCC1.Cc1cc2cc(C(O)(C(F)(F)F)C(F)(F)F)ccc2n1Cc1cccc(C(=O)N2CCCCC2)c1. The van der Waals surface area contributed by atoms with Crippen molar-refractivity contribution >= 4 is 16.8 Å². The molecule has 0 bridgehead atoms. The van der Waals surface area contributed by atoms with Gasteiger partial charge in [-0.05, 0) is 88.0 Å². The molecule has 2 fully saturated rings. The van der Waals surface area contributed by atoms with Crippen LogP contribution in [-0.4, -0.2) is 59.0 Å². The quantitative estimate of drug-likeness (QED) is 0.337. The number of piperidine rings is 2. The van der Waals surface area contributed by atoms with Crippen molar-refractivity contribution in [3.05, 3.63) is 70.9 Å². The highest BCUT2D eigenvalue weighted by Gasteiger charge is 2.71. The zero-order valence-electron chi connectivity index (χ0n) is 22.9. The van der Waals surface area contributed by atoms with Gasteiger partial charge >= 0.3 is 12.4 Å². The fraction of sp³-hybridized carbons (Fsp3) is 0.500. The van der Waals surface area contributed by atoms with Gasteiger partial charge in [0.15, 0.2) is 0 Å². The molecular weight excluding hydrogens is 548 g/mol. The van der Waals surface area contributed by atoms with E-state index < -0.39 is 23.5 Å². The lowest BCUT2D eigenvalue weighted by Gasteiger charge is -2.32. The van der Waals surface area contributed by atoms with Gasteiger partial charge < -0.3 is 19.9 Å². The fourth-order valence-corrected chi connectivity index (χ4v) is 5.40. The van der Waals surface area contributed by atoms with E-state index in [1.165, 1.54) is 38.4 Å². The van der Waals surface area contributed by atoms with Crippen LogP contribution in [0.1, 0.15) is 65.7 Å². The van der Waals surface area contributed by atoms with Gasteiger partial charge in [0.1, 0.15) is 0 Å². The molecule has 0 atom stereocenters. The highest BCUT2D eigenvalue weighted by Crippen LogP contribution is 2.50. The summed E-state index contributed by atoms with van der Waals surface area (Å²) in [7, 11) is 0. The summed E-state index contributed by atoms with van der Waals surface area (Å²) >= 11 is 0. The molecular formula is C30H35F6N3O2. The molecule has 2 saturated heterocycles. The summed E-state index contributed by atoms with van der Waals surface area (Å²) in [5.74, 6) is -0.0659. The van der Waals surface area contributed by atoms with Crippen LogP contribution in [0.25, 0.3) is 10.9 Å². The molecule has 1 amide bonds. The average molecular weight is 584 g/mol. The van der Waals surface area contributed by atoms with Crippen molar-refractivity contribution in [2.75, 3.05) is 26.2 Å². The maximum atomic E-state index is 13.3. The standard InChI is InChI=1S/C25H24F6N2O2.C5H11N/c1-16-12-19-14-20(23(35,24(26,27)28)25(29,30)31)8-9-21(19)33(16)15-17-6-5-7-18(13-17)22(34)32-10-3-2-4-11-32;1-2-4-6-5-3-1/h5-9,12-14,35H,2-4,10-11,15H2,1H3;6H,1-5H2. The van der Waals surface area contributed by atoms with E-state index in [9.17, 15) is 36.2 Å². The minimum Gasteiger partial charge on any atom is -0.369 e. The molecule has 0 unspecified atom stereocenters. The number of carbonyl (C=O) groups excluding carboxylic acids is 1. The van der Waals surface area contributed by atoms with Crippen LogP contribution in [0.2, 0.25) is 0 Å². The molecule has 41 heavy (non-hydrogen) atoms. The Labute approximate surface area is 235 Å². The second kappa shape index (κ2) is 12.4. The molecule has 5 rings (SSSR count). The van der Waals surface area contributed by atoms with Crippen molar-refractivity contribution in [1.29, 1.82) is 0 Å². The Kier molecular flexibility index (Phi) is 9.38. The van der Waals surface area contributed by atoms with Gasteiger partial charge in [-0.25, -0.2) is 0 Å². The van der Waals surface area contributed by atoms with Crippen LogP contribution in [0.4, 0.5) is 26.3 Å². The maximum absolute atomic E-state index is 13.3. The molecule has 0 saturated carbocycles. The number of nitrogens with zero attached hydrogens (tertiary/aromatic N) is 2. The number of benzene rings is 2. The Morgan fingerprint density at radius 2 is 1.49 bits per heavy atom. The summed E-state index contributed by atoms with van der Waals surface area (Å²) in [6.45, 7) is 5.85. The van der Waals surface area contributed by atoms with E-state index in [0.29, 0.717) is 35.9 Å². The maximum Gasteiger partial charge on any atom is 0.430 e. The molecule has 0 radical (unpaired) electrons. The number of likely N-dealkylation sites (tertiary alicyclic amines) is 1.